The molecule has 7 heteroatoms. The van der Waals surface area contributed by atoms with Crippen LogP contribution >= 0.6 is 19.6 Å². The van der Waals surface area contributed by atoms with Crippen LogP contribution in [0.4, 0.5) is 0 Å². The molecule has 0 atom stereocenters. The molecule has 0 unspecified atom stereocenters. The van der Waals surface area contributed by atoms with Gasteiger partial charge >= 0.3 is 62.0 Å². The van der Waals surface area contributed by atoms with Crippen molar-refractivity contribution in [2.24, 2.45) is 0 Å². The first-order valence-corrected chi connectivity index (χ1v) is 8.87. The molecule has 0 saturated heterocycles. The van der Waals surface area contributed by atoms with Gasteiger partial charge in [-0.2, -0.15) is 0 Å². The summed E-state index contributed by atoms with van der Waals surface area (Å²) < 4.78 is 25.8. The van der Waals surface area contributed by atoms with Crippen LogP contribution in [0.1, 0.15) is 0 Å². The predicted molar refractivity (Wildman–Crippen MR) is 17.2 cm³/mol. The Bertz CT molecular complexity index is 138. The Morgan fingerprint density at radius 3 is 1.14 bits per heavy atom. The Morgan fingerprint density at radius 1 is 1.14 bits per heavy atom. The Balaban J connectivity index is 0. The van der Waals surface area contributed by atoms with Gasteiger partial charge in [-0.15, -0.1) is 0 Å². The van der Waals surface area contributed by atoms with Gasteiger partial charge in [-0.3, -0.25) is 0 Å². The van der Waals surface area contributed by atoms with E-state index in [0.29, 0.717) is 0 Å². The number of rotatable bonds is 0. The maximum atomic E-state index is 8.59. The predicted octanol–water partition coefficient (Wildman–Crippen LogP) is 0.935. The second-order valence-corrected chi connectivity index (χ2v) is 4.83. The van der Waals surface area contributed by atoms with Crippen LogP contribution in [0, 0.1) is 0 Å². The molecule has 0 aliphatic rings. The van der Waals surface area contributed by atoms with Crippen molar-refractivity contribution in [1.82, 2.24) is 0 Å². The maximum absolute atomic E-state index is 8.59. The van der Waals surface area contributed by atoms with Crippen LogP contribution in [-0.4, -0.2) is 0 Å². The van der Waals surface area contributed by atoms with Gasteiger partial charge in [0.25, 0.3) is 0 Å². The second kappa shape index (κ2) is 10.2. The van der Waals surface area contributed by atoms with Gasteiger partial charge in [-0.05, 0) is 0 Å². The minimum atomic E-state index is -4.11. The molecule has 0 aromatic carbocycles. The van der Waals surface area contributed by atoms with Crippen LogP contribution in [0.3, 0.4) is 0 Å². The Labute approximate surface area is 61.4 Å². The molecule has 0 aromatic heterocycles. The van der Waals surface area contributed by atoms with Crippen LogP contribution < -0.4 is 0 Å². The molecule has 3 nitrogen and oxygen atoms in total. The number of hydrogen-bond donors (Lipinski definition) is 0. The van der Waals surface area contributed by atoms with Crippen LogP contribution in [0.15, 0.2) is 0 Å². The van der Waals surface area contributed by atoms with Crippen molar-refractivity contribution in [3.05, 3.63) is 0 Å². The van der Waals surface area contributed by atoms with E-state index in [1.54, 1.807) is 0 Å². The Hall–Kier alpha value is 1.22. The van der Waals surface area contributed by atoms with Crippen molar-refractivity contribution >= 4 is 19.6 Å². The fourth-order valence-corrected chi connectivity index (χ4v) is 0. The minimum absolute atomic E-state index is 0.363. The topological polar surface area (TPSA) is 51.2 Å². The molecule has 0 aromatic rings. The molecule has 0 N–H and O–H groups in total. The molecule has 0 spiro atoms. The summed E-state index contributed by atoms with van der Waals surface area (Å²) in [7, 11) is 8.68. The molecular formula is Mo2O3S2. The van der Waals surface area contributed by atoms with Crippen molar-refractivity contribution < 1.29 is 42.3 Å². The van der Waals surface area contributed by atoms with Gasteiger partial charge in [-0.25, -0.2) is 0 Å². The summed E-state index contributed by atoms with van der Waals surface area (Å²) >= 11 is -4.47. The van der Waals surface area contributed by atoms with Gasteiger partial charge in [-0.1, -0.05) is 0 Å². The monoisotopic (exact) mass is 308 g/mol. The van der Waals surface area contributed by atoms with E-state index in [4.69, 9.17) is 10.2 Å². The molecule has 0 heterocycles. The summed E-state index contributed by atoms with van der Waals surface area (Å²) in [5.41, 5.74) is 0. The molecular weight excluding hydrogens is 304 g/mol. The molecule has 7 heavy (non-hydrogen) atoms. The van der Waals surface area contributed by atoms with Crippen molar-refractivity contribution in [2.75, 3.05) is 0 Å². The first-order valence-electron chi connectivity index (χ1n) is 0.833. The van der Waals surface area contributed by atoms with E-state index >= 15 is 0 Å². The molecule has 0 aliphatic heterocycles. The van der Waals surface area contributed by atoms with Gasteiger partial charge in [0.05, 0.1) is 0 Å². The second-order valence-electron chi connectivity index (χ2n) is 0.272. The molecule has 42 valence electrons. The normalized spacial score (nSPS) is 5.14. The summed E-state index contributed by atoms with van der Waals surface area (Å²) in [5.74, 6) is 0. The summed E-state index contributed by atoms with van der Waals surface area (Å²) in [6, 6.07) is 0. The third-order valence-corrected chi connectivity index (χ3v) is 0. The third kappa shape index (κ3) is 133. The molecule has 0 radical (unpaired) electrons. The molecule has 0 fully saturated rings. The molecule has 0 aliphatic carbocycles. The van der Waals surface area contributed by atoms with Gasteiger partial charge < -0.3 is 0 Å². The molecule has 0 saturated carbocycles. The standard InChI is InChI=1S/2Mo.3O.2S. The van der Waals surface area contributed by atoms with E-state index in [-0.39, 0.29) is 14.9 Å². The van der Waals surface area contributed by atoms with Gasteiger partial charge in [0.1, 0.15) is 0 Å². The fraction of sp³-hybridized carbons (Fsp3) is 0. The van der Waals surface area contributed by atoms with Crippen LogP contribution in [0.5, 0.6) is 0 Å². The van der Waals surface area contributed by atoms with Crippen molar-refractivity contribution in [1.29, 1.82) is 0 Å². The summed E-state index contributed by atoms with van der Waals surface area (Å²) in [4.78, 5) is 0. The van der Waals surface area contributed by atoms with Crippen LogP contribution in [-0.2, 0) is 42.3 Å². The zero-order valence-electron chi connectivity index (χ0n) is 2.86. The van der Waals surface area contributed by atoms with Crippen molar-refractivity contribution in [3.8, 4) is 0 Å². The molecule has 0 amide bonds. The first-order chi connectivity index (χ1) is 3.15. The van der Waals surface area contributed by atoms with Gasteiger partial charge in [0, 0.05) is 0 Å². The molecule has 0 bridgehead atoms. The van der Waals surface area contributed by atoms with Crippen LogP contribution in [0.25, 0.3) is 0 Å². The average Bonchev–Trinajstić information content (AvgIpc) is 1.33. The van der Waals surface area contributed by atoms with Crippen molar-refractivity contribution in [2.45, 2.75) is 0 Å². The van der Waals surface area contributed by atoms with Gasteiger partial charge in [0.15, 0.2) is 0 Å². The van der Waals surface area contributed by atoms with E-state index in [1.807, 2.05) is 0 Å². The average molecular weight is 304 g/mol. The van der Waals surface area contributed by atoms with Crippen LogP contribution in [0.2, 0.25) is 0 Å². The molecule has 0 rings (SSSR count). The van der Waals surface area contributed by atoms with E-state index in [9.17, 15) is 0 Å². The van der Waals surface area contributed by atoms with E-state index in [0.717, 1.165) is 0 Å². The quantitative estimate of drug-likeness (QED) is 0.623. The zero-order chi connectivity index (χ0) is 6.28. The number of hydrogen-bond acceptors (Lipinski definition) is 5. The summed E-state index contributed by atoms with van der Waals surface area (Å²) in [5, 5.41) is 0. The van der Waals surface area contributed by atoms with E-state index in [1.165, 1.54) is 0 Å². The van der Waals surface area contributed by atoms with Gasteiger partial charge in [0.2, 0.25) is 0 Å². The third-order valence-electron chi connectivity index (χ3n) is 0. The zero-order valence-corrected chi connectivity index (χ0v) is 8.50. The first kappa shape index (κ1) is 11.1. The summed E-state index contributed by atoms with van der Waals surface area (Å²) in [6.07, 6.45) is 0. The van der Waals surface area contributed by atoms with E-state index in [2.05, 4.69) is 19.6 Å². The van der Waals surface area contributed by atoms with E-state index < -0.39 is 17.2 Å². The SMILES string of the molecule is [O]=[Mo](=[O])=[O].[S]=[Mo]=[S]. The van der Waals surface area contributed by atoms with Crippen molar-refractivity contribution in [3.63, 3.8) is 0 Å². The fourth-order valence-electron chi connectivity index (χ4n) is 0. The Morgan fingerprint density at radius 2 is 1.14 bits per heavy atom. The summed E-state index contributed by atoms with van der Waals surface area (Å²) in [6.45, 7) is 0. The Kier molecular flexibility index (Phi) is 16.2.